The lowest BCUT2D eigenvalue weighted by Crippen LogP contribution is -3.00. The van der Waals surface area contributed by atoms with Gasteiger partial charge < -0.3 is 28.0 Å². The fourth-order valence-electron chi connectivity index (χ4n) is 0.821. The summed E-state index contributed by atoms with van der Waals surface area (Å²) in [4.78, 5) is 10.7. The van der Waals surface area contributed by atoms with E-state index in [4.69, 9.17) is 9.84 Å². The normalized spacial score (nSPS) is 13.5. The molecule has 0 saturated carbocycles. The highest BCUT2D eigenvalue weighted by Gasteiger charge is 2.33. The van der Waals surface area contributed by atoms with Crippen LogP contribution in [-0.4, -0.2) is 23.2 Å². The van der Waals surface area contributed by atoms with Gasteiger partial charge >= 0.3 is 5.97 Å². The summed E-state index contributed by atoms with van der Waals surface area (Å²) in [6, 6.07) is 9.08. The van der Waals surface area contributed by atoms with Gasteiger partial charge in [-0.2, -0.15) is 0 Å². The molecule has 0 spiro atoms. The zero-order chi connectivity index (χ0) is 10.6. The number of carbonyl (C=O) groups is 1. The number of rotatable bonds is 4. The maximum absolute atomic E-state index is 10.7. The summed E-state index contributed by atoms with van der Waals surface area (Å²) in [6.07, 6.45) is 0. The first kappa shape index (κ1) is 13.7. The average molecular weight is 232 g/mol. The zero-order valence-corrected chi connectivity index (χ0v) is 9.20. The van der Waals surface area contributed by atoms with Crippen LogP contribution >= 0.6 is 0 Å². The van der Waals surface area contributed by atoms with Crippen LogP contribution in [0.1, 0.15) is 6.92 Å². The Kier molecular flexibility index (Phi) is 5.11. The summed E-state index contributed by atoms with van der Waals surface area (Å²) in [5.74, 6) is -0.308. The largest absolute Gasteiger partial charge is 1.00 e. The van der Waals surface area contributed by atoms with Crippen molar-refractivity contribution in [3.05, 3.63) is 30.3 Å². The van der Waals surface area contributed by atoms with Crippen LogP contribution in [0.15, 0.2) is 30.3 Å². The monoisotopic (exact) mass is 231 g/mol. The highest BCUT2D eigenvalue weighted by atomic mass is 35.5. The quantitative estimate of drug-likeness (QED) is 0.586. The number of para-hydroxylation sites is 1. The summed E-state index contributed by atoms with van der Waals surface area (Å²) < 4.78 is 5.29. The van der Waals surface area contributed by atoms with Gasteiger partial charge in [0.25, 0.3) is 0 Å². The smallest absolute Gasteiger partial charge is 0.368 e. The lowest BCUT2D eigenvalue weighted by molar-refractivity contribution is -0.460. The Hall–Kier alpha value is -1.26. The van der Waals surface area contributed by atoms with Crippen molar-refractivity contribution in [1.29, 1.82) is 0 Å². The fraction of sp³-hybridized carbons (Fsp3) is 0.300. The lowest BCUT2D eigenvalue weighted by Gasteiger charge is -2.16. The third kappa shape index (κ3) is 4.18. The van der Waals surface area contributed by atoms with E-state index in [1.165, 1.54) is 6.92 Å². The molecule has 4 nitrogen and oxygen atoms in total. The second-order valence-electron chi connectivity index (χ2n) is 3.47. The van der Waals surface area contributed by atoms with Crippen molar-refractivity contribution in [3.63, 3.8) is 0 Å². The predicted octanol–water partition coefficient (Wildman–Crippen LogP) is -2.85. The van der Waals surface area contributed by atoms with Crippen molar-refractivity contribution < 1.29 is 32.8 Å². The van der Waals surface area contributed by atoms with Crippen LogP contribution in [0.3, 0.4) is 0 Å². The molecule has 0 radical (unpaired) electrons. The van der Waals surface area contributed by atoms with E-state index in [9.17, 15) is 4.79 Å². The van der Waals surface area contributed by atoms with E-state index < -0.39 is 11.5 Å². The third-order valence-corrected chi connectivity index (χ3v) is 1.82. The van der Waals surface area contributed by atoms with E-state index >= 15 is 0 Å². The van der Waals surface area contributed by atoms with Crippen LogP contribution in [0.25, 0.3) is 0 Å². The summed E-state index contributed by atoms with van der Waals surface area (Å²) in [5.41, 5.74) is 2.46. The lowest BCUT2D eigenvalue weighted by atomic mass is 10.1. The second kappa shape index (κ2) is 5.58. The summed E-state index contributed by atoms with van der Waals surface area (Å²) in [6.45, 7) is 1.59. The highest BCUT2D eigenvalue weighted by molar-refractivity contribution is 5.76. The number of quaternary nitrogens is 1. The first-order valence-electron chi connectivity index (χ1n) is 4.29. The third-order valence-electron chi connectivity index (χ3n) is 1.82. The molecule has 0 aliphatic rings. The van der Waals surface area contributed by atoms with Crippen molar-refractivity contribution in [2.75, 3.05) is 6.61 Å². The molecule has 1 aromatic rings. The van der Waals surface area contributed by atoms with Crippen molar-refractivity contribution >= 4 is 5.97 Å². The topological polar surface area (TPSA) is 74.2 Å². The number of hydrogen-bond acceptors (Lipinski definition) is 2. The minimum atomic E-state index is -1.10. The van der Waals surface area contributed by atoms with Gasteiger partial charge in [-0.05, 0) is 12.1 Å². The first-order chi connectivity index (χ1) is 6.52. The first-order valence-corrected chi connectivity index (χ1v) is 4.29. The molecule has 0 unspecified atom stereocenters. The SMILES string of the molecule is C[C@]([NH3+])(COc1ccccc1)C(=O)O.[Cl-]. The maximum atomic E-state index is 10.7. The van der Waals surface area contributed by atoms with Crippen molar-refractivity contribution in [2.45, 2.75) is 12.5 Å². The Balaban J connectivity index is 0.00000196. The number of carboxylic acids is 1. The van der Waals surface area contributed by atoms with Gasteiger partial charge in [0.15, 0.2) is 6.61 Å². The Morgan fingerprint density at radius 1 is 1.47 bits per heavy atom. The molecular weight excluding hydrogens is 218 g/mol. The zero-order valence-electron chi connectivity index (χ0n) is 8.44. The molecule has 0 aliphatic carbocycles. The van der Waals surface area contributed by atoms with Gasteiger partial charge in [0.1, 0.15) is 5.75 Å². The van der Waals surface area contributed by atoms with Gasteiger partial charge in [-0.15, -0.1) is 0 Å². The van der Waals surface area contributed by atoms with Crippen LogP contribution in [0.4, 0.5) is 0 Å². The molecule has 0 amide bonds. The van der Waals surface area contributed by atoms with E-state index in [0.29, 0.717) is 5.75 Å². The maximum Gasteiger partial charge on any atom is 0.368 e. The Morgan fingerprint density at radius 3 is 2.47 bits per heavy atom. The van der Waals surface area contributed by atoms with Crippen molar-refractivity contribution in [2.24, 2.45) is 0 Å². The molecule has 15 heavy (non-hydrogen) atoms. The number of benzene rings is 1. The Morgan fingerprint density at radius 2 is 2.00 bits per heavy atom. The van der Waals surface area contributed by atoms with Gasteiger partial charge in [-0.1, -0.05) is 18.2 Å². The Labute approximate surface area is 94.5 Å². The van der Waals surface area contributed by atoms with Crippen LogP contribution in [0.5, 0.6) is 5.75 Å². The molecule has 0 bridgehead atoms. The molecule has 1 rings (SSSR count). The van der Waals surface area contributed by atoms with Crippen molar-refractivity contribution in [1.82, 2.24) is 0 Å². The number of halogens is 1. The molecular formula is C10H14ClNO3. The summed E-state index contributed by atoms with van der Waals surface area (Å²) in [5, 5.41) is 8.78. The summed E-state index contributed by atoms with van der Waals surface area (Å²) >= 11 is 0. The molecule has 1 aromatic carbocycles. The van der Waals surface area contributed by atoms with Crippen molar-refractivity contribution in [3.8, 4) is 5.75 Å². The minimum Gasteiger partial charge on any atom is -1.00 e. The van der Waals surface area contributed by atoms with E-state index in [-0.39, 0.29) is 19.0 Å². The van der Waals surface area contributed by atoms with E-state index in [0.717, 1.165) is 0 Å². The number of ether oxygens (including phenoxy) is 1. The highest BCUT2D eigenvalue weighted by Crippen LogP contribution is 2.10. The Bertz CT molecular complexity index is 314. The molecule has 0 heterocycles. The molecule has 84 valence electrons. The molecule has 1 atom stereocenters. The van der Waals surface area contributed by atoms with E-state index in [1.54, 1.807) is 12.1 Å². The van der Waals surface area contributed by atoms with Gasteiger partial charge in [-0.3, -0.25) is 0 Å². The molecule has 0 aliphatic heterocycles. The average Bonchev–Trinajstić information content (AvgIpc) is 2.16. The molecule has 5 heteroatoms. The van der Waals surface area contributed by atoms with Gasteiger partial charge in [0, 0.05) is 6.92 Å². The predicted molar refractivity (Wildman–Crippen MR) is 50.9 cm³/mol. The minimum absolute atomic E-state index is 0. The van der Waals surface area contributed by atoms with E-state index in [1.807, 2.05) is 18.2 Å². The van der Waals surface area contributed by atoms with Crippen LogP contribution in [-0.2, 0) is 4.79 Å². The molecule has 0 fully saturated rings. The van der Waals surface area contributed by atoms with Gasteiger partial charge in [0.2, 0.25) is 5.54 Å². The fourth-order valence-corrected chi connectivity index (χ4v) is 0.821. The molecule has 4 N–H and O–H groups in total. The molecule has 0 saturated heterocycles. The van der Waals surface area contributed by atoms with Gasteiger partial charge in [-0.25, -0.2) is 4.79 Å². The number of aliphatic carboxylic acids is 1. The molecule has 0 aromatic heterocycles. The van der Waals surface area contributed by atoms with Crippen LogP contribution < -0.4 is 22.9 Å². The number of carboxylic acid groups (broad SMARTS) is 1. The van der Waals surface area contributed by atoms with Crippen LogP contribution in [0.2, 0.25) is 0 Å². The second-order valence-corrected chi connectivity index (χ2v) is 3.47. The van der Waals surface area contributed by atoms with Crippen LogP contribution in [0, 0.1) is 0 Å². The van der Waals surface area contributed by atoms with E-state index in [2.05, 4.69) is 5.73 Å². The standard InChI is InChI=1S/C10H13NO3.ClH/c1-10(11,9(12)13)7-14-8-5-3-2-4-6-8;/h2-6H,7,11H2,1H3,(H,12,13);1H/t10-;/m0./s1. The summed E-state index contributed by atoms with van der Waals surface area (Å²) in [7, 11) is 0. The van der Waals surface area contributed by atoms with Gasteiger partial charge in [0.05, 0.1) is 0 Å². The number of hydrogen-bond donors (Lipinski definition) is 2.